The van der Waals surface area contributed by atoms with E-state index in [1.165, 1.54) is 10.5 Å². The summed E-state index contributed by atoms with van der Waals surface area (Å²) in [6.45, 7) is 2.06. The predicted molar refractivity (Wildman–Crippen MR) is 74.3 cm³/mol. The lowest BCUT2D eigenvalue weighted by atomic mass is 10.2. The number of allylic oxidation sites excluding steroid dienone is 1. The number of thioether (sulfide) groups is 1. The van der Waals surface area contributed by atoms with Gasteiger partial charge in [0.2, 0.25) is 0 Å². The third-order valence-corrected chi connectivity index (χ3v) is 3.51. The average Bonchev–Trinajstić information content (AvgIpc) is 2.76. The number of rotatable bonds is 5. The van der Waals surface area contributed by atoms with Crippen molar-refractivity contribution in [2.45, 2.75) is 18.2 Å². The summed E-state index contributed by atoms with van der Waals surface area (Å²) in [5, 5.41) is 0. The molecule has 0 amide bonds. The first-order chi connectivity index (χ1) is 8.36. The molecule has 0 saturated heterocycles. The van der Waals surface area contributed by atoms with Crippen LogP contribution < -0.4 is 0 Å². The molecule has 1 aromatic heterocycles. The van der Waals surface area contributed by atoms with Crippen LogP contribution in [0.1, 0.15) is 17.7 Å². The summed E-state index contributed by atoms with van der Waals surface area (Å²) < 4.78 is 5.34. The molecule has 0 fully saturated rings. The Kier molecular flexibility index (Phi) is 4.51. The van der Waals surface area contributed by atoms with Crippen LogP contribution in [-0.2, 0) is 0 Å². The van der Waals surface area contributed by atoms with Gasteiger partial charge in [-0.1, -0.05) is 24.3 Å². The Morgan fingerprint density at radius 2 is 2.00 bits per heavy atom. The molecule has 0 saturated carbocycles. The van der Waals surface area contributed by atoms with Crippen molar-refractivity contribution in [3.63, 3.8) is 0 Å². The van der Waals surface area contributed by atoms with Gasteiger partial charge in [-0.15, -0.1) is 11.8 Å². The summed E-state index contributed by atoms with van der Waals surface area (Å²) in [4.78, 5) is 1.33. The molecule has 0 aliphatic rings. The van der Waals surface area contributed by atoms with Crippen LogP contribution in [0.25, 0.3) is 6.08 Å². The Balaban J connectivity index is 1.74. The second kappa shape index (κ2) is 6.36. The summed E-state index contributed by atoms with van der Waals surface area (Å²) in [6, 6.07) is 12.5. The highest BCUT2D eigenvalue weighted by molar-refractivity contribution is 7.99. The smallest absolute Gasteiger partial charge is 0.129 e. The van der Waals surface area contributed by atoms with Gasteiger partial charge < -0.3 is 4.42 Å². The fourth-order valence-electron chi connectivity index (χ4n) is 1.51. The lowest BCUT2D eigenvalue weighted by Gasteiger charge is -1.97. The maximum absolute atomic E-state index is 5.34. The normalized spacial score (nSPS) is 11.1. The minimum absolute atomic E-state index is 0.967. The van der Waals surface area contributed by atoms with Gasteiger partial charge >= 0.3 is 0 Å². The van der Waals surface area contributed by atoms with E-state index in [2.05, 4.69) is 43.3 Å². The van der Waals surface area contributed by atoms with Gasteiger partial charge in [-0.05, 0) is 43.2 Å². The Bertz CT molecular complexity index is 471. The lowest BCUT2D eigenvalue weighted by molar-refractivity contribution is 0.555. The maximum atomic E-state index is 5.34. The molecular formula is C15H16OS. The highest BCUT2D eigenvalue weighted by atomic mass is 32.2. The van der Waals surface area contributed by atoms with E-state index in [9.17, 15) is 0 Å². The van der Waals surface area contributed by atoms with Gasteiger partial charge in [0, 0.05) is 10.6 Å². The van der Waals surface area contributed by atoms with E-state index in [0.717, 1.165) is 17.9 Å². The van der Waals surface area contributed by atoms with Crippen molar-refractivity contribution in [2.24, 2.45) is 0 Å². The first kappa shape index (κ1) is 12.1. The molecule has 0 unspecified atom stereocenters. The summed E-state index contributed by atoms with van der Waals surface area (Å²) in [5.41, 5.74) is 1.19. The standard InChI is InChI=1S/C15H16OS/c1-13-10-11-16-15(13)9-5-6-12-17-14-7-3-2-4-8-14/h2-5,7-11H,6,12H2,1H3/b9-5+. The van der Waals surface area contributed by atoms with Crippen molar-refractivity contribution in [3.05, 3.63) is 60.1 Å². The number of furan rings is 1. The number of benzene rings is 1. The molecule has 0 bridgehead atoms. The fourth-order valence-corrected chi connectivity index (χ4v) is 2.35. The highest BCUT2D eigenvalue weighted by Crippen LogP contribution is 2.18. The Morgan fingerprint density at radius 3 is 2.71 bits per heavy atom. The average molecular weight is 244 g/mol. The van der Waals surface area contributed by atoms with Gasteiger partial charge in [0.25, 0.3) is 0 Å². The van der Waals surface area contributed by atoms with Crippen LogP contribution in [-0.4, -0.2) is 5.75 Å². The fraction of sp³-hybridized carbons (Fsp3) is 0.200. The molecule has 0 radical (unpaired) electrons. The lowest BCUT2D eigenvalue weighted by Crippen LogP contribution is -1.76. The van der Waals surface area contributed by atoms with Gasteiger partial charge in [-0.25, -0.2) is 0 Å². The largest absolute Gasteiger partial charge is 0.465 e. The molecule has 2 heteroatoms. The van der Waals surface area contributed by atoms with Gasteiger partial charge in [-0.3, -0.25) is 0 Å². The zero-order valence-electron chi connectivity index (χ0n) is 9.93. The van der Waals surface area contributed by atoms with E-state index >= 15 is 0 Å². The Labute approximate surface area is 107 Å². The first-order valence-electron chi connectivity index (χ1n) is 5.75. The van der Waals surface area contributed by atoms with E-state index in [1.54, 1.807) is 6.26 Å². The Morgan fingerprint density at radius 1 is 1.18 bits per heavy atom. The van der Waals surface area contributed by atoms with Crippen LogP contribution in [0.5, 0.6) is 0 Å². The molecular weight excluding hydrogens is 228 g/mol. The summed E-state index contributed by atoms with van der Waals surface area (Å²) in [7, 11) is 0. The van der Waals surface area contributed by atoms with E-state index in [-0.39, 0.29) is 0 Å². The quantitative estimate of drug-likeness (QED) is 0.554. The van der Waals surface area contributed by atoms with Crippen molar-refractivity contribution >= 4 is 17.8 Å². The summed E-state index contributed by atoms with van der Waals surface area (Å²) in [6.07, 6.45) is 7.01. The monoisotopic (exact) mass is 244 g/mol. The van der Waals surface area contributed by atoms with Gasteiger partial charge in [0.15, 0.2) is 0 Å². The van der Waals surface area contributed by atoms with Crippen molar-refractivity contribution in [2.75, 3.05) is 5.75 Å². The van der Waals surface area contributed by atoms with Crippen LogP contribution in [0.4, 0.5) is 0 Å². The zero-order valence-corrected chi connectivity index (χ0v) is 10.7. The number of hydrogen-bond donors (Lipinski definition) is 0. The molecule has 0 aliphatic carbocycles. The van der Waals surface area contributed by atoms with Crippen molar-refractivity contribution in [1.29, 1.82) is 0 Å². The van der Waals surface area contributed by atoms with Gasteiger partial charge in [0.05, 0.1) is 6.26 Å². The van der Waals surface area contributed by atoms with Crippen molar-refractivity contribution in [1.82, 2.24) is 0 Å². The second-order valence-corrected chi connectivity index (χ2v) is 4.99. The molecule has 17 heavy (non-hydrogen) atoms. The predicted octanol–water partition coefficient (Wildman–Crippen LogP) is 4.78. The topological polar surface area (TPSA) is 13.1 Å². The van der Waals surface area contributed by atoms with Gasteiger partial charge in [0.1, 0.15) is 5.76 Å². The molecule has 88 valence electrons. The van der Waals surface area contributed by atoms with Crippen LogP contribution in [0, 0.1) is 6.92 Å². The Hall–Kier alpha value is -1.41. The summed E-state index contributed by atoms with van der Waals surface area (Å²) >= 11 is 1.88. The SMILES string of the molecule is Cc1ccoc1/C=C/CCSc1ccccc1. The third-order valence-electron chi connectivity index (χ3n) is 2.47. The van der Waals surface area contributed by atoms with Crippen LogP contribution in [0.2, 0.25) is 0 Å². The number of hydrogen-bond acceptors (Lipinski definition) is 2. The van der Waals surface area contributed by atoms with Crippen molar-refractivity contribution < 1.29 is 4.42 Å². The molecule has 0 aliphatic heterocycles. The molecule has 2 rings (SSSR count). The van der Waals surface area contributed by atoms with E-state index in [4.69, 9.17) is 4.42 Å². The first-order valence-corrected chi connectivity index (χ1v) is 6.73. The van der Waals surface area contributed by atoms with Crippen LogP contribution >= 0.6 is 11.8 Å². The minimum atomic E-state index is 0.967. The third kappa shape index (κ3) is 3.82. The number of aryl methyl sites for hydroxylation is 1. The zero-order chi connectivity index (χ0) is 11.9. The molecule has 2 aromatic rings. The van der Waals surface area contributed by atoms with Crippen molar-refractivity contribution in [3.8, 4) is 0 Å². The van der Waals surface area contributed by atoms with E-state index in [1.807, 2.05) is 23.9 Å². The molecule has 1 heterocycles. The molecule has 0 N–H and O–H groups in total. The highest BCUT2D eigenvalue weighted by Gasteiger charge is 1.95. The molecule has 1 nitrogen and oxygen atoms in total. The molecule has 0 atom stereocenters. The van der Waals surface area contributed by atoms with E-state index in [0.29, 0.717) is 0 Å². The second-order valence-electron chi connectivity index (χ2n) is 3.82. The molecule has 1 aromatic carbocycles. The minimum Gasteiger partial charge on any atom is -0.465 e. The van der Waals surface area contributed by atoms with Gasteiger partial charge in [-0.2, -0.15) is 0 Å². The summed E-state index contributed by atoms with van der Waals surface area (Å²) in [5.74, 6) is 2.06. The van der Waals surface area contributed by atoms with Crippen LogP contribution in [0.3, 0.4) is 0 Å². The van der Waals surface area contributed by atoms with E-state index < -0.39 is 0 Å². The van der Waals surface area contributed by atoms with Crippen LogP contribution in [0.15, 0.2) is 58.1 Å². The maximum Gasteiger partial charge on any atom is 0.129 e. The molecule has 0 spiro atoms.